The number of fused-ring (bicyclic) bond motifs is 1. The van der Waals surface area contributed by atoms with Crippen LogP contribution in [0.15, 0.2) is 18.8 Å². The van der Waals surface area contributed by atoms with Gasteiger partial charge >= 0.3 is 5.97 Å². The lowest BCUT2D eigenvalue weighted by atomic mass is 10.1. The second kappa shape index (κ2) is 5.68. The first kappa shape index (κ1) is 15.5. The Morgan fingerprint density at radius 1 is 1.43 bits per heavy atom. The predicted octanol–water partition coefficient (Wildman–Crippen LogP) is 2.08. The first-order valence-corrected chi connectivity index (χ1v) is 7.78. The number of pyridine rings is 1. The summed E-state index contributed by atoms with van der Waals surface area (Å²) in [4.78, 5) is 30.2. The molecule has 1 aromatic rings. The number of piperidine rings is 1. The third kappa shape index (κ3) is 2.69. The largest absolute Gasteiger partial charge is 0.494 e. The van der Waals surface area contributed by atoms with Gasteiger partial charge in [-0.15, -0.1) is 0 Å². The first-order chi connectivity index (χ1) is 10.9. The Morgan fingerprint density at radius 2 is 2.17 bits per heavy atom. The summed E-state index contributed by atoms with van der Waals surface area (Å²) < 4.78 is 5.41. The minimum Gasteiger partial charge on any atom is -0.494 e. The van der Waals surface area contributed by atoms with E-state index in [-0.39, 0.29) is 11.9 Å². The van der Waals surface area contributed by atoms with Crippen molar-refractivity contribution in [2.24, 2.45) is 5.92 Å². The molecule has 0 unspecified atom stereocenters. The van der Waals surface area contributed by atoms with Crippen LogP contribution in [0.4, 0.5) is 0 Å². The number of amides is 1. The molecule has 1 saturated heterocycles. The molecule has 1 N–H and O–H groups in total. The fourth-order valence-corrected chi connectivity index (χ4v) is 3.32. The summed E-state index contributed by atoms with van der Waals surface area (Å²) >= 11 is 0. The minimum absolute atomic E-state index is 0.0466. The van der Waals surface area contributed by atoms with E-state index in [1.165, 1.54) is 4.90 Å². The Bertz CT molecular complexity index is 685. The predicted molar refractivity (Wildman–Crippen MR) is 83.7 cm³/mol. The van der Waals surface area contributed by atoms with Crippen molar-refractivity contribution in [2.45, 2.75) is 38.8 Å². The Balaban J connectivity index is 1.97. The zero-order chi connectivity index (χ0) is 16.7. The van der Waals surface area contributed by atoms with E-state index < -0.39 is 12.0 Å². The van der Waals surface area contributed by atoms with Crippen LogP contribution >= 0.6 is 0 Å². The number of hydrogen-bond donors (Lipinski definition) is 1. The van der Waals surface area contributed by atoms with Crippen molar-refractivity contribution in [2.75, 3.05) is 6.61 Å². The lowest BCUT2D eigenvalue weighted by molar-refractivity contribution is -0.141. The number of hydrogen-bond acceptors (Lipinski definition) is 4. The lowest BCUT2D eigenvalue weighted by Gasteiger charge is -2.25. The summed E-state index contributed by atoms with van der Waals surface area (Å²) in [5, 5.41) is 9.39. The number of carboxylic acids is 1. The van der Waals surface area contributed by atoms with Crippen LogP contribution in [0.3, 0.4) is 0 Å². The number of carbonyl (C=O) groups is 2. The summed E-state index contributed by atoms with van der Waals surface area (Å²) in [6.45, 7) is 7.92. The molecule has 3 atom stereocenters. The Kier molecular flexibility index (Phi) is 3.83. The zero-order valence-corrected chi connectivity index (χ0v) is 13.3. The van der Waals surface area contributed by atoms with Crippen LogP contribution in [0.2, 0.25) is 0 Å². The molecular weight excluding hydrogens is 296 g/mol. The van der Waals surface area contributed by atoms with E-state index in [0.717, 1.165) is 6.42 Å². The van der Waals surface area contributed by atoms with Gasteiger partial charge in [-0.1, -0.05) is 6.58 Å². The van der Waals surface area contributed by atoms with Crippen LogP contribution in [0.1, 0.15) is 41.4 Å². The van der Waals surface area contributed by atoms with Gasteiger partial charge in [0.2, 0.25) is 0 Å². The van der Waals surface area contributed by atoms with Gasteiger partial charge in [-0.25, -0.2) is 4.79 Å². The highest BCUT2D eigenvalue weighted by Crippen LogP contribution is 2.48. The van der Waals surface area contributed by atoms with Gasteiger partial charge in [-0.2, -0.15) is 0 Å². The molecule has 0 radical (unpaired) electrons. The highest BCUT2D eigenvalue weighted by Gasteiger charge is 2.56. The van der Waals surface area contributed by atoms with Crippen molar-refractivity contribution in [3.63, 3.8) is 0 Å². The number of rotatable bonds is 5. The number of carboxylic acid groups (broad SMARTS) is 1. The molecule has 2 aliphatic rings. The number of nitrogens with zero attached hydrogens (tertiary/aromatic N) is 2. The van der Waals surface area contributed by atoms with E-state index in [0.29, 0.717) is 41.5 Å². The first-order valence-electron chi connectivity index (χ1n) is 7.78. The second-order valence-electron chi connectivity index (χ2n) is 6.09. The quantitative estimate of drug-likeness (QED) is 0.841. The summed E-state index contributed by atoms with van der Waals surface area (Å²) in [6, 6.07) is 0.981. The number of likely N-dealkylation sites (tertiary alicyclic amines) is 1. The highest BCUT2D eigenvalue weighted by molar-refractivity contribution is 6.01. The summed E-state index contributed by atoms with van der Waals surface area (Å²) in [6.07, 6.45) is 3.00. The molecule has 6 nitrogen and oxygen atoms in total. The molecule has 0 spiro atoms. The van der Waals surface area contributed by atoms with E-state index in [1.807, 2.05) is 6.92 Å². The molecule has 3 rings (SSSR count). The minimum atomic E-state index is -0.943. The number of aryl methyl sites for hydroxylation is 1. The molecule has 1 saturated carbocycles. The van der Waals surface area contributed by atoms with Gasteiger partial charge in [-0.05, 0) is 38.7 Å². The van der Waals surface area contributed by atoms with E-state index in [4.69, 9.17) is 4.74 Å². The van der Waals surface area contributed by atoms with Crippen LogP contribution in [-0.2, 0) is 9.53 Å². The molecular formula is C17H20N2O4. The summed E-state index contributed by atoms with van der Waals surface area (Å²) in [5.74, 6) is -0.520. The van der Waals surface area contributed by atoms with Crippen molar-refractivity contribution in [1.82, 2.24) is 9.88 Å². The van der Waals surface area contributed by atoms with Crippen LogP contribution in [0, 0.1) is 12.8 Å². The third-order valence-electron chi connectivity index (χ3n) is 4.51. The maximum Gasteiger partial charge on any atom is 0.326 e. The van der Waals surface area contributed by atoms with Gasteiger partial charge in [0, 0.05) is 23.5 Å². The molecule has 1 aliphatic heterocycles. The van der Waals surface area contributed by atoms with Crippen molar-refractivity contribution < 1.29 is 19.4 Å². The van der Waals surface area contributed by atoms with Gasteiger partial charge in [0.15, 0.2) is 0 Å². The number of carbonyl (C=O) groups excluding carboxylic acids is 1. The average Bonchev–Trinajstić information content (AvgIpc) is 3.17. The van der Waals surface area contributed by atoms with Gasteiger partial charge in [0.05, 0.1) is 12.2 Å². The Morgan fingerprint density at radius 3 is 2.83 bits per heavy atom. The lowest BCUT2D eigenvalue weighted by Crippen LogP contribution is -2.43. The van der Waals surface area contributed by atoms with Crippen LogP contribution in [-0.4, -0.2) is 45.6 Å². The number of ether oxygens (including phenoxy) is 1. The van der Waals surface area contributed by atoms with Gasteiger partial charge in [-0.3, -0.25) is 9.78 Å². The third-order valence-corrected chi connectivity index (χ3v) is 4.51. The Labute approximate surface area is 134 Å². The normalized spacial score (nSPS) is 25.0. The molecule has 0 aromatic carbocycles. The monoisotopic (exact) mass is 316 g/mol. The van der Waals surface area contributed by atoms with Crippen molar-refractivity contribution in [3.8, 4) is 0 Å². The number of aliphatic carboxylic acids is 1. The molecule has 1 aromatic heterocycles. The topological polar surface area (TPSA) is 79.7 Å². The molecule has 1 aliphatic carbocycles. The molecule has 0 bridgehead atoms. The van der Waals surface area contributed by atoms with Gasteiger partial charge < -0.3 is 14.7 Å². The molecule has 23 heavy (non-hydrogen) atoms. The van der Waals surface area contributed by atoms with E-state index in [2.05, 4.69) is 11.6 Å². The van der Waals surface area contributed by atoms with E-state index in [1.54, 1.807) is 19.2 Å². The van der Waals surface area contributed by atoms with Crippen LogP contribution < -0.4 is 0 Å². The van der Waals surface area contributed by atoms with Crippen molar-refractivity contribution in [3.05, 3.63) is 35.7 Å². The van der Waals surface area contributed by atoms with Crippen molar-refractivity contribution in [1.29, 1.82) is 0 Å². The van der Waals surface area contributed by atoms with Gasteiger partial charge in [0.25, 0.3) is 5.91 Å². The number of aromatic nitrogens is 1. The molecule has 122 valence electrons. The maximum atomic E-state index is 13.0. The fourth-order valence-electron chi connectivity index (χ4n) is 3.32. The maximum absolute atomic E-state index is 13.0. The van der Waals surface area contributed by atoms with E-state index in [9.17, 15) is 14.7 Å². The fraction of sp³-hybridized carbons (Fsp3) is 0.471. The summed E-state index contributed by atoms with van der Waals surface area (Å²) in [7, 11) is 0. The smallest absolute Gasteiger partial charge is 0.326 e. The van der Waals surface area contributed by atoms with E-state index >= 15 is 0 Å². The van der Waals surface area contributed by atoms with Crippen LogP contribution in [0.25, 0.3) is 5.76 Å². The van der Waals surface area contributed by atoms with Crippen molar-refractivity contribution >= 4 is 17.6 Å². The highest BCUT2D eigenvalue weighted by atomic mass is 16.5. The molecule has 2 fully saturated rings. The van der Waals surface area contributed by atoms with Gasteiger partial charge in [0.1, 0.15) is 11.8 Å². The van der Waals surface area contributed by atoms with Crippen LogP contribution in [0.5, 0.6) is 0 Å². The zero-order valence-electron chi connectivity index (χ0n) is 13.3. The molecule has 2 heterocycles. The average molecular weight is 316 g/mol. The standard InChI is InChI=1S/C17H20N2O4/c1-4-23-10(3)13-8-18-9(2)5-12(13)16(20)19-14-6-11(14)7-15(19)17(21)22/h5,8,11,14-15H,3-4,6-7H2,1-2H3,(H,21,22)/t11-,14-,15-/m1/s1. The SMILES string of the molecule is C=C(OCC)c1cnc(C)cc1C(=O)N1[C@@H](C(=O)O)C[C@H]2C[C@H]21. The molecule has 6 heteroatoms. The molecule has 1 amide bonds. The second-order valence-corrected chi connectivity index (χ2v) is 6.09. The Hall–Kier alpha value is -2.37. The summed E-state index contributed by atoms with van der Waals surface area (Å²) in [5.41, 5.74) is 1.63.